The number of thiazole rings is 1. The maximum Gasteiger partial charge on any atom is 0.211 e. The Morgan fingerprint density at radius 3 is 2.39 bits per heavy atom. The molecule has 0 saturated carbocycles. The summed E-state index contributed by atoms with van der Waals surface area (Å²) in [6.07, 6.45) is 1.24. The Morgan fingerprint density at radius 2 is 1.94 bits per heavy atom. The van der Waals surface area contributed by atoms with Crippen molar-refractivity contribution in [1.29, 1.82) is 0 Å². The maximum absolute atomic E-state index is 11.4. The molecule has 1 N–H and O–H groups in total. The molecule has 1 aliphatic heterocycles. The number of rotatable bonds is 3. The van der Waals surface area contributed by atoms with Gasteiger partial charge in [0.05, 0.1) is 23.4 Å². The smallest absolute Gasteiger partial charge is 0.211 e. The van der Waals surface area contributed by atoms with Crippen LogP contribution >= 0.6 is 11.3 Å². The molecule has 102 valence electrons. The van der Waals surface area contributed by atoms with Crippen molar-refractivity contribution in [3.05, 3.63) is 10.6 Å². The summed E-state index contributed by atoms with van der Waals surface area (Å²) in [5, 5.41) is 10.0. The Balaban J connectivity index is 2.05. The van der Waals surface area contributed by atoms with Gasteiger partial charge in [-0.05, 0) is 6.92 Å². The van der Waals surface area contributed by atoms with E-state index >= 15 is 0 Å². The highest BCUT2D eigenvalue weighted by molar-refractivity contribution is 7.88. The first-order valence-corrected chi connectivity index (χ1v) is 8.35. The molecule has 18 heavy (non-hydrogen) atoms. The zero-order chi connectivity index (χ0) is 13.3. The molecule has 0 unspecified atom stereocenters. The molecule has 0 radical (unpaired) electrons. The third-order valence-electron chi connectivity index (χ3n) is 3.00. The minimum absolute atomic E-state index is 0.00675. The quantitative estimate of drug-likeness (QED) is 0.850. The Morgan fingerprint density at radius 1 is 1.33 bits per heavy atom. The third kappa shape index (κ3) is 2.82. The van der Waals surface area contributed by atoms with Crippen molar-refractivity contribution >= 4 is 26.5 Å². The summed E-state index contributed by atoms with van der Waals surface area (Å²) in [4.78, 5) is 7.35. The summed E-state index contributed by atoms with van der Waals surface area (Å²) < 4.78 is 24.3. The van der Waals surface area contributed by atoms with E-state index < -0.39 is 10.0 Å². The lowest BCUT2D eigenvalue weighted by Gasteiger charge is -2.32. The van der Waals surface area contributed by atoms with Gasteiger partial charge in [-0.1, -0.05) is 11.3 Å². The van der Waals surface area contributed by atoms with Gasteiger partial charge in [-0.25, -0.2) is 13.4 Å². The molecule has 1 aliphatic rings. The van der Waals surface area contributed by atoms with Crippen molar-refractivity contribution in [3.8, 4) is 0 Å². The van der Waals surface area contributed by atoms with Gasteiger partial charge in [0.2, 0.25) is 10.0 Å². The van der Waals surface area contributed by atoms with Gasteiger partial charge in [0.1, 0.15) is 0 Å². The number of hydrogen-bond acceptors (Lipinski definition) is 6. The van der Waals surface area contributed by atoms with E-state index in [4.69, 9.17) is 5.11 Å². The van der Waals surface area contributed by atoms with E-state index in [1.807, 2.05) is 6.92 Å². The average molecular weight is 291 g/mol. The number of aromatic nitrogens is 1. The van der Waals surface area contributed by atoms with Gasteiger partial charge in [0.15, 0.2) is 5.13 Å². The summed E-state index contributed by atoms with van der Waals surface area (Å²) in [6.45, 7) is 4.15. The van der Waals surface area contributed by atoms with E-state index in [9.17, 15) is 8.42 Å². The lowest BCUT2D eigenvalue weighted by Crippen LogP contribution is -2.48. The first-order chi connectivity index (χ1) is 8.41. The van der Waals surface area contributed by atoms with Gasteiger partial charge in [0.25, 0.3) is 0 Å². The molecule has 1 aromatic heterocycles. The number of hydrogen-bond donors (Lipinski definition) is 1. The van der Waals surface area contributed by atoms with Gasteiger partial charge in [-0.15, -0.1) is 0 Å². The summed E-state index contributed by atoms with van der Waals surface area (Å²) in [6, 6.07) is 0. The molecular formula is C10H17N3O3S2. The minimum atomic E-state index is -3.09. The van der Waals surface area contributed by atoms with Gasteiger partial charge in [-0.2, -0.15) is 4.31 Å². The number of nitrogens with zero attached hydrogens (tertiary/aromatic N) is 3. The van der Waals surface area contributed by atoms with Crippen LogP contribution < -0.4 is 4.90 Å². The highest BCUT2D eigenvalue weighted by Crippen LogP contribution is 2.27. The molecule has 1 fully saturated rings. The molecule has 0 aromatic carbocycles. The first kappa shape index (κ1) is 13.7. The molecule has 1 saturated heterocycles. The van der Waals surface area contributed by atoms with E-state index in [0.717, 1.165) is 15.7 Å². The van der Waals surface area contributed by atoms with Gasteiger partial charge >= 0.3 is 0 Å². The standard InChI is InChI=1S/C10H17N3O3S2/c1-8-9(7-14)17-10(11-8)12-3-5-13(6-4-12)18(2,15)16/h14H,3-7H2,1-2H3. The molecule has 8 heteroatoms. The second-order valence-electron chi connectivity index (χ2n) is 4.31. The predicted octanol–water partition coefficient (Wildman–Crippen LogP) is 0.0254. The van der Waals surface area contributed by atoms with Crippen LogP contribution in [0.2, 0.25) is 0 Å². The number of aliphatic hydroxyl groups excluding tert-OH is 1. The minimum Gasteiger partial charge on any atom is -0.391 e. The number of piperazine rings is 1. The number of aliphatic hydroxyl groups is 1. The molecule has 0 amide bonds. The number of aryl methyl sites for hydroxylation is 1. The molecule has 6 nitrogen and oxygen atoms in total. The highest BCUT2D eigenvalue weighted by atomic mass is 32.2. The van der Waals surface area contributed by atoms with E-state index in [-0.39, 0.29) is 6.61 Å². The second-order valence-corrected chi connectivity index (χ2v) is 7.36. The molecule has 0 atom stereocenters. The summed E-state index contributed by atoms with van der Waals surface area (Å²) in [5.41, 5.74) is 0.850. The van der Waals surface area contributed by atoms with Crippen LogP contribution in [0.3, 0.4) is 0 Å². The predicted molar refractivity (Wildman–Crippen MR) is 71.4 cm³/mol. The summed E-state index contributed by atoms with van der Waals surface area (Å²) in [7, 11) is -3.09. The monoisotopic (exact) mass is 291 g/mol. The van der Waals surface area contributed by atoms with Crippen LogP contribution in [0.1, 0.15) is 10.6 Å². The highest BCUT2D eigenvalue weighted by Gasteiger charge is 2.25. The molecule has 0 spiro atoms. The second kappa shape index (κ2) is 5.12. The van der Waals surface area contributed by atoms with Gasteiger partial charge in [-0.3, -0.25) is 0 Å². The largest absolute Gasteiger partial charge is 0.391 e. The number of anilines is 1. The summed E-state index contributed by atoms with van der Waals surface area (Å²) in [5.74, 6) is 0. The van der Waals surface area contributed by atoms with Crippen LogP contribution in [-0.2, 0) is 16.6 Å². The lowest BCUT2D eigenvalue weighted by atomic mass is 10.4. The third-order valence-corrected chi connectivity index (χ3v) is 5.51. The Labute approximate surface area is 111 Å². The summed E-state index contributed by atoms with van der Waals surface area (Å²) >= 11 is 1.47. The van der Waals surface area contributed by atoms with E-state index in [0.29, 0.717) is 26.2 Å². The van der Waals surface area contributed by atoms with Crippen LogP contribution in [0.4, 0.5) is 5.13 Å². The zero-order valence-electron chi connectivity index (χ0n) is 10.5. The molecule has 1 aromatic rings. The van der Waals surface area contributed by atoms with E-state index in [1.54, 1.807) is 0 Å². The van der Waals surface area contributed by atoms with Crippen LogP contribution in [0.25, 0.3) is 0 Å². The van der Waals surface area contributed by atoms with Crippen molar-refractivity contribution < 1.29 is 13.5 Å². The fraction of sp³-hybridized carbons (Fsp3) is 0.700. The molecule has 0 aliphatic carbocycles. The van der Waals surface area contributed by atoms with Crippen molar-refractivity contribution in [2.24, 2.45) is 0 Å². The van der Waals surface area contributed by atoms with E-state index in [1.165, 1.54) is 21.9 Å². The Hall–Kier alpha value is -0.700. The molecule has 0 bridgehead atoms. The van der Waals surface area contributed by atoms with Crippen molar-refractivity contribution in [2.75, 3.05) is 37.3 Å². The topological polar surface area (TPSA) is 73.7 Å². The Bertz CT molecular complexity index is 518. The van der Waals surface area contributed by atoms with Crippen molar-refractivity contribution in [2.45, 2.75) is 13.5 Å². The zero-order valence-corrected chi connectivity index (χ0v) is 12.1. The van der Waals surface area contributed by atoms with Crippen LogP contribution in [-0.4, -0.2) is 55.2 Å². The fourth-order valence-corrected chi connectivity index (χ4v) is 3.70. The van der Waals surface area contributed by atoms with Crippen LogP contribution in [0.15, 0.2) is 0 Å². The first-order valence-electron chi connectivity index (χ1n) is 5.69. The fourth-order valence-electron chi connectivity index (χ4n) is 1.91. The normalized spacial score (nSPS) is 18.3. The maximum atomic E-state index is 11.4. The van der Waals surface area contributed by atoms with Crippen LogP contribution in [0.5, 0.6) is 0 Å². The van der Waals surface area contributed by atoms with Gasteiger partial charge in [0, 0.05) is 26.2 Å². The van der Waals surface area contributed by atoms with E-state index in [2.05, 4.69) is 9.88 Å². The molecule has 2 rings (SSSR count). The Kier molecular flexibility index (Phi) is 3.90. The average Bonchev–Trinajstić information content (AvgIpc) is 2.69. The SMILES string of the molecule is Cc1nc(N2CCN(S(C)(=O)=O)CC2)sc1CO. The van der Waals surface area contributed by atoms with Crippen molar-refractivity contribution in [1.82, 2.24) is 9.29 Å². The van der Waals surface area contributed by atoms with Gasteiger partial charge < -0.3 is 10.0 Å². The van der Waals surface area contributed by atoms with Crippen molar-refractivity contribution in [3.63, 3.8) is 0 Å². The lowest BCUT2D eigenvalue weighted by molar-refractivity contribution is 0.284. The van der Waals surface area contributed by atoms with Crippen LogP contribution in [0, 0.1) is 6.92 Å². The molecular weight excluding hydrogens is 274 g/mol. The number of sulfonamides is 1. The molecule has 2 heterocycles.